The molecule has 0 bridgehead atoms. The Morgan fingerprint density at radius 2 is 1.89 bits per heavy atom. The van der Waals surface area contributed by atoms with Crippen molar-refractivity contribution in [3.8, 4) is 5.75 Å². The maximum absolute atomic E-state index is 10.8. The van der Waals surface area contributed by atoms with Crippen molar-refractivity contribution in [2.45, 2.75) is 19.4 Å². The van der Waals surface area contributed by atoms with E-state index >= 15 is 0 Å². The zero-order chi connectivity index (χ0) is 13.2. The molecular weight excluding hydrogens is 240 g/mol. The molecule has 3 nitrogen and oxygen atoms in total. The number of carboxylic acids is 1. The van der Waals surface area contributed by atoms with Crippen molar-refractivity contribution in [3.05, 3.63) is 64.7 Å². The summed E-state index contributed by atoms with van der Waals surface area (Å²) in [6.45, 7) is 0.571. The van der Waals surface area contributed by atoms with Crippen molar-refractivity contribution < 1.29 is 14.6 Å². The molecule has 0 unspecified atom stereocenters. The van der Waals surface area contributed by atoms with Crippen molar-refractivity contribution in [1.82, 2.24) is 0 Å². The predicted octanol–water partition coefficient (Wildman–Crippen LogP) is 2.80. The van der Waals surface area contributed by atoms with Crippen LogP contribution in [-0.4, -0.2) is 11.1 Å². The van der Waals surface area contributed by atoms with Gasteiger partial charge in [-0.1, -0.05) is 36.4 Å². The fourth-order valence-corrected chi connectivity index (χ4v) is 2.43. The molecule has 96 valence electrons. The second-order valence-corrected chi connectivity index (χ2v) is 4.75. The minimum Gasteiger partial charge on any atom is -0.489 e. The predicted molar refractivity (Wildman–Crippen MR) is 71.4 cm³/mol. The van der Waals surface area contributed by atoms with Crippen LogP contribution in [-0.2, 0) is 24.2 Å². The monoisotopic (exact) mass is 254 g/mol. The molecule has 0 saturated heterocycles. The van der Waals surface area contributed by atoms with Crippen LogP contribution in [0.2, 0.25) is 0 Å². The first-order valence-electron chi connectivity index (χ1n) is 6.25. The van der Waals surface area contributed by atoms with Gasteiger partial charge in [0.05, 0.1) is 6.42 Å². The van der Waals surface area contributed by atoms with Gasteiger partial charge >= 0.3 is 5.97 Å². The zero-order valence-electron chi connectivity index (χ0n) is 10.4. The second kappa shape index (κ2) is 4.76. The van der Waals surface area contributed by atoms with E-state index in [2.05, 4.69) is 12.1 Å². The lowest BCUT2D eigenvalue weighted by atomic mass is 9.98. The molecule has 3 heteroatoms. The number of hydrogen-bond acceptors (Lipinski definition) is 2. The van der Waals surface area contributed by atoms with E-state index in [0.717, 1.165) is 23.3 Å². The molecule has 0 aliphatic carbocycles. The Hall–Kier alpha value is -2.29. The first kappa shape index (κ1) is 11.8. The van der Waals surface area contributed by atoms with Gasteiger partial charge in [-0.2, -0.15) is 0 Å². The van der Waals surface area contributed by atoms with E-state index in [0.29, 0.717) is 6.61 Å². The van der Waals surface area contributed by atoms with Crippen molar-refractivity contribution >= 4 is 5.97 Å². The number of hydrogen-bond donors (Lipinski definition) is 1. The summed E-state index contributed by atoms with van der Waals surface area (Å²) in [6.07, 6.45) is 0.841. The summed E-state index contributed by atoms with van der Waals surface area (Å²) in [4.78, 5) is 10.8. The zero-order valence-corrected chi connectivity index (χ0v) is 10.4. The molecule has 1 aliphatic rings. The first-order chi connectivity index (χ1) is 9.22. The highest BCUT2D eigenvalue weighted by Gasteiger charge is 2.14. The SMILES string of the molecule is O=C(O)Cc1ccc2c(c1)Cc1ccccc1CO2. The van der Waals surface area contributed by atoms with E-state index in [1.54, 1.807) is 0 Å². The lowest BCUT2D eigenvalue weighted by molar-refractivity contribution is -0.136. The van der Waals surface area contributed by atoms with Crippen molar-refractivity contribution in [1.29, 1.82) is 0 Å². The number of benzene rings is 2. The average molecular weight is 254 g/mol. The fourth-order valence-electron chi connectivity index (χ4n) is 2.43. The van der Waals surface area contributed by atoms with Gasteiger partial charge in [0.1, 0.15) is 12.4 Å². The Bertz CT molecular complexity index is 632. The molecule has 2 aromatic carbocycles. The van der Waals surface area contributed by atoms with Crippen LogP contribution in [0.25, 0.3) is 0 Å². The van der Waals surface area contributed by atoms with Gasteiger partial charge in [-0.05, 0) is 28.3 Å². The highest BCUT2D eigenvalue weighted by atomic mass is 16.5. The number of ether oxygens (including phenoxy) is 1. The van der Waals surface area contributed by atoms with Crippen LogP contribution in [0.1, 0.15) is 22.3 Å². The van der Waals surface area contributed by atoms with Crippen LogP contribution in [0.5, 0.6) is 5.75 Å². The quantitative estimate of drug-likeness (QED) is 0.896. The summed E-state index contributed by atoms with van der Waals surface area (Å²) in [5.41, 5.74) is 4.31. The summed E-state index contributed by atoms with van der Waals surface area (Å²) in [6, 6.07) is 13.8. The van der Waals surface area contributed by atoms with Gasteiger partial charge in [-0.25, -0.2) is 0 Å². The Morgan fingerprint density at radius 3 is 2.68 bits per heavy atom. The lowest BCUT2D eigenvalue weighted by Gasteiger charge is -2.08. The van der Waals surface area contributed by atoms with E-state index in [4.69, 9.17) is 9.84 Å². The highest BCUT2D eigenvalue weighted by molar-refractivity contribution is 5.70. The molecule has 0 radical (unpaired) electrons. The Labute approximate surface area is 111 Å². The van der Waals surface area contributed by atoms with Gasteiger partial charge in [0.2, 0.25) is 0 Å². The number of rotatable bonds is 2. The van der Waals surface area contributed by atoms with Gasteiger partial charge in [-0.15, -0.1) is 0 Å². The third-order valence-corrected chi connectivity index (χ3v) is 3.36. The van der Waals surface area contributed by atoms with E-state index in [1.807, 2.05) is 30.3 Å². The van der Waals surface area contributed by atoms with E-state index in [-0.39, 0.29) is 6.42 Å². The normalized spacial score (nSPS) is 12.8. The van der Waals surface area contributed by atoms with Gasteiger partial charge in [-0.3, -0.25) is 4.79 Å². The number of aliphatic carboxylic acids is 1. The maximum Gasteiger partial charge on any atom is 0.307 e. The Morgan fingerprint density at radius 1 is 1.11 bits per heavy atom. The highest BCUT2D eigenvalue weighted by Crippen LogP contribution is 2.29. The van der Waals surface area contributed by atoms with Crippen LogP contribution in [0.4, 0.5) is 0 Å². The van der Waals surface area contributed by atoms with Crippen LogP contribution < -0.4 is 4.74 Å². The summed E-state index contributed by atoms with van der Waals surface area (Å²) >= 11 is 0. The first-order valence-corrected chi connectivity index (χ1v) is 6.25. The van der Waals surface area contributed by atoms with E-state index in [1.165, 1.54) is 11.1 Å². The maximum atomic E-state index is 10.8. The molecule has 0 amide bonds. The van der Waals surface area contributed by atoms with Crippen LogP contribution in [0.3, 0.4) is 0 Å². The molecule has 0 aromatic heterocycles. The van der Waals surface area contributed by atoms with Gasteiger partial charge in [0.25, 0.3) is 0 Å². The summed E-state index contributed by atoms with van der Waals surface area (Å²) < 4.78 is 5.79. The molecule has 2 aromatic rings. The van der Waals surface area contributed by atoms with Gasteiger partial charge < -0.3 is 9.84 Å². The summed E-state index contributed by atoms with van der Waals surface area (Å²) in [5, 5.41) is 8.85. The van der Waals surface area contributed by atoms with Crippen molar-refractivity contribution in [3.63, 3.8) is 0 Å². The minimum absolute atomic E-state index is 0.0505. The van der Waals surface area contributed by atoms with Crippen molar-refractivity contribution in [2.24, 2.45) is 0 Å². The van der Waals surface area contributed by atoms with E-state index < -0.39 is 5.97 Å². The minimum atomic E-state index is -0.810. The standard InChI is InChI=1S/C16H14O3/c17-16(18)8-11-5-6-15-14(7-11)9-12-3-1-2-4-13(12)10-19-15/h1-7H,8-10H2,(H,17,18). The van der Waals surface area contributed by atoms with Gasteiger partial charge in [0, 0.05) is 6.42 Å². The number of fused-ring (bicyclic) bond motifs is 2. The number of carbonyl (C=O) groups is 1. The van der Waals surface area contributed by atoms with Crippen LogP contribution in [0.15, 0.2) is 42.5 Å². The van der Waals surface area contributed by atoms with Crippen LogP contribution in [0, 0.1) is 0 Å². The fraction of sp³-hybridized carbons (Fsp3) is 0.188. The molecule has 0 atom stereocenters. The average Bonchev–Trinajstić information content (AvgIpc) is 2.56. The van der Waals surface area contributed by atoms with Gasteiger partial charge in [0.15, 0.2) is 0 Å². The molecule has 1 N–H and O–H groups in total. The Kier molecular flexibility index (Phi) is 2.95. The number of carboxylic acid groups (broad SMARTS) is 1. The summed E-state index contributed by atoms with van der Waals surface area (Å²) in [5.74, 6) is 0.0419. The third-order valence-electron chi connectivity index (χ3n) is 3.36. The molecule has 3 rings (SSSR count). The Balaban J connectivity index is 1.97. The molecule has 0 fully saturated rings. The third kappa shape index (κ3) is 2.45. The smallest absolute Gasteiger partial charge is 0.307 e. The topological polar surface area (TPSA) is 46.5 Å². The molecule has 1 aliphatic heterocycles. The second-order valence-electron chi connectivity index (χ2n) is 4.75. The molecule has 1 heterocycles. The molecule has 0 saturated carbocycles. The van der Waals surface area contributed by atoms with Crippen LogP contribution >= 0.6 is 0 Å². The van der Waals surface area contributed by atoms with E-state index in [9.17, 15) is 4.79 Å². The lowest BCUT2D eigenvalue weighted by Crippen LogP contribution is -2.01. The molecule has 19 heavy (non-hydrogen) atoms. The molecule has 0 spiro atoms. The molecular formula is C16H14O3. The largest absolute Gasteiger partial charge is 0.489 e. The summed E-state index contributed by atoms with van der Waals surface area (Å²) in [7, 11) is 0. The van der Waals surface area contributed by atoms with Crippen molar-refractivity contribution in [2.75, 3.05) is 0 Å².